The van der Waals surface area contributed by atoms with Gasteiger partial charge in [-0.05, 0) is 97.6 Å². The zero-order valence-electron chi connectivity index (χ0n) is 25.0. The lowest BCUT2D eigenvalue weighted by molar-refractivity contribution is -0.207. The van der Waals surface area contributed by atoms with E-state index in [9.17, 15) is 28.5 Å². The van der Waals surface area contributed by atoms with Gasteiger partial charge in [-0.15, -0.1) is 0 Å². The molecule has 4 saturated carbocycles. The van der Waals surface area contributed by atoms with Gasteiger partial charge in [0.15, 0.2) is 0 Å². The topological polar surface area (TPSA) is 144 Å². The van der Waals surface area contributed by atoms with Gasteiger partial charge in [0.05, 0.1) is 24.1 Å². The number of hydrogen-bond donors (Lipinski definition) is 5. The first-order valence-electron chi connectivity index (χ1n) is 15.0. The number of aliphatic hydroxyl groups excluding tert-OH is 3. The van der Waals surface area contributed by atoms with Crippen molar-refractivity contribution in [2.24, 2.45) is 46.3 Å². The summed E-state index contributed by atoms with van der Waals surface area (Å²) >= 11 is 0. The molecular formula is C26H45NO7S. The van der Waals surface area contributed by atoms with Crippen LogP contribution in [-0.2, 0) is 14.9 Å². The van der Waals surface area contributed by atoms with Crippen molar-refractivity contribution < 1.29 is 38.6 Å². The van der Waals surface area contributed by atoms with E-state index in [1.165, 1.54) is 0 Å². The van der Waals surface area contributed by atoms with Crippen molar-refractivity contribution in [1.82, 2.24) is 5.32 Å². The molecule has 0 saturated heterocycles. The number of aliphatic hydroxyl groups is 3. The van der Waals surface area contributed by atoms with Gasteiger partial charge in [0.25, 0.3) is 10.1 Å². The molecule has 202 valence electrons. The van der Waals surface area contributed by atoms with Crippen molar-refractivity contribution in [2.75, 3.05) is 12.3 Å². The summed E-state index contributed by atoms with van der Waals surface area (Å²) in [6, 6.07) is 0. The van der Waals surface area contributed by atoms with E-state index in [2.05, 4.69) is 12.2 Å². The monoisotopic (exact) mass is 519 g/mol. The van der Waals surface area contributed by atoms with E-state index >= 15 is 0 Å². The van der Waals surface area contributed by atoms with Crippen molar-refractivity contribution in [3.8, 4) is 0 Å². The van der Waals surface area contributed by atoms with E-state index in [0.29, 0.717) is 12.8 Å². The van der Waals surface area contributed by atoms with E-state index in [1.807, 2.05) is 13.8 Å². The van der Waals surface area contributed by atoms with Crippen molar-refractivity contribution >= 4 is 16.0 Å². The van der Waals surface area contributed by atoms with Crippen LogP contribution in [0.4, 0.5) is 0 Å². The molecule has 4 rings (SSSR count). The number of fused-ring (bicyclic) bond motifs is 5. The van der Waals surface area contributed by atoms with Crippen LogP contribution in [0.3, 0.4) is 0 Å². The largest absolute Gasteiger partial charge is 0.393 e. The van der Waals surface area contributed by atoms with E-state index in [1.54, 1.807) is 0 Å². The molecule has 1 unspecified atom stereocenters. The average molecular weight is 520 g/mol. The second kappa shape index (κ2) is 9.86. The van der Waals surface area contributed by atoms with Crippen LogP contribution in [0.5, 0.6) is 0 Å². The molecule has 5 N–H and O–H groups in total. The van der Waals surface area contributed by atoms with Crippen molar-refractivity contribution in [1.29, 1.82) is 0 Å². The van der Waals surface area contributed by atoms with Crippen molar-refractivity contribution in [3.05, 3.63) is 0 Å². The van der Waals surface area contributed by atoms with Gasteiger partial charge in [-0.3, -0.25) is 9.35 Å². The van der Waals surface area contributed by atoms with Crippen molar-refractivity contribution in [3.63, 3.8) is 0 Å². The minimum Gasteiger partial charge on any atom is -0.393 e. The fourth-order valence-corrected chi connectivity index (χ4v) is 8.77. The predicted octanol–water partition coefficient (Wildman–Crippen LogP) is 2.37. The summed E-state index contributed by atoms with van der Waals surface area (Å²) in [5.74, 6) is -1.99. The van der Waals surface area contributed by atoms with Crippen LogP contribution in [-0.4, -0.2) is 64.8 Å². The highest BCUT2D eigenvalue weighted by Crippen LogP contribution is 2.68. The summed E-state index contributed by atoms with van der Waals surface area (Å²) < 4.78 is 64.7. The quantitative estimate of drug-likeness (QED) is 0.325. The molecule has 4 fully saturated rings. The first-order chi connectivity index (χ1) is 17.8. The highest BCUT2D eigenvalue weighted by Gasteiger charge is 2.65. The van der Waals surface area contributed by atoms with Gasteiger partial charge in [0.1, 0.15) is 0 Å². The zero-order valence-corrected chi connectivity index (χ0v) is 21.8. The Labute approximate surface area is 215 Å². The maximum absolute atomic E-state index is 12.3. The first-order valence-corrected chi connectivity index (χ1v) is 14.6. The van der Waals surface area contributed by atoms with Gasteiger partial charge in [-0.2, -0.15) is 8.42 Å². The minimum absolute atomic E-state index is 0.0259. The Morgan fingerprint density at radius 3 is 2.57 bits per heavy atom. The zero-order chi connectivity index (χ0) is 29.3. The Morgan fingerprint density at radius 1 is 1.17 bits per heavy atom. The number of carbonyl (C=O) groups is 1. The molecule has 0 aliphatic heterocycles. The Morgan fingerprint density at radius 2 is 1.89 bits per heavy atom. The highest BCUT2D eigenvalue weighted by molar-refractivity contribution is 7.85. The minimum atomic E-state index is -4.15. The van der Waals surface area contributed by atoms with E-state index < -0.39 is 63.7 Å². The van der Waals surface area contributed by atoms with Crippen LogP contribution in [0.25, 0.3) is 0 Å². The summed E-state index contributed by atoms with van der Waals surface area (Å²) in [6.45, 7) is 5.82. The molecule has 1 amide bonds. The van der Waals surface area contributed by atoms with Crippen LogP contribution in [0, 0.1) is 46.3 Å². The first kappa shape index (κ1) is 22.3. The number of amides is 1. The molecule has 35 heavy (non-hydrogen) atoms. The molecule has 8 nitrogen and oxygen atoms in total. The maximum atomic E-state index is 12.3. The SMILES string of the molecule is [2H]C1([2H])C[C@@]2(C)C(C[C@@H](O)[C@H]3[C@@H]4CC[C@H]([C@H](C)CCC(=O)NCCS(=O)(=O)O)[C@@]4(C)[C@@H](O)C[C@@H]32)C([2H])([2H])[C@@H]1O. The second-order valence-corrected chi connectivity index (χ2v) is 13.6. The van der Waals surface area contributed by atoms with Crippen molar-refractivity contribution in [2.45, 2.75) is 96.8 Å². The van der Waals surface area contributed by atoms with Crippen LogP contribution in [0.1, 0.15) is 83.9 Å². The summed E-state index contributed by atoms with van der Waals surface area (Å²) in [6.07, 6.45) is -4.95. The molecule has 9 heteroatoms. The highest BCUT2D eigenvalue weighted by atomic mass is 32.2. The lowest BCUT2D eigenvalue weighted by Gasteiger charge is -2.63. The normalized spacial score (nSPS) is 50.8. The average Bonchev–Trinajstić information content (AvgIpc) is 3.16. The lowest BCUT2D eigenvalue weighted by atomic mass is 9.43. The van der Waals surface area contributed by atoms with Crippen LogP contribution >= 0.6 is 0 Å². The van der Waals surface area contributed by atoms with Gasteiger partial charge in [0.2, 0.25) is 5.91 Å². The van der Waals surface area contributed by atoms with Gasteiger partial charge in [0, 0.05) is 18.4 Å². The molecule has 0 aromatic heterocycles. The molecule has 0 heterocycles. The van der Waals surface area contributed by atoms with Gasteiger partial charge >= 0.3 is 0 Å². The smallest absolute Gasteiger partial charge is 0.266 e. The third kappa shape index (κ3) is 5.05. The predicted molar refractivity (Wildman–Crippen MR) is 132 cm³/mol. The van der Waals surface area contributed by atoms with Gasteiger partial charge in [-0.1, -0.05) is 20.8 Å². The summed E-state index contributed by atoms with van der Waals surface area (Å²) in [7, 11) is -4.15. The molecule has 0 aromatic carbocycles. The third-order valence-corrected chi connectivity index (χ3v) is 11.0. The molecular weight excluding hydrogens is 470 g/mol. The lowest BCUT2D eigenvalue weighted by Crippen LogP contribution is -2.62. The van der Waals surface area contributed by atoms with Gasteiger partial charge in [-0.25, -0.2) is 0 Å². The summed E-state index contributed by atoms with van der Waals surface area (Å²) in [4.78, 5) is 12.3. The van der Waals surface area contributed by atoms with E-state index in [-0.39, 0.29) is 61.3 Å². The molecule has 4 aliphatic carbocycles. The number of carbonyl (C=O) groups excluding carboxylic acids is 1. The Bertz CT molecular complexity index is 1060. The summed E-state index contributed by atoms with van der Waals surface area (Å²) in [5.41, 5.74) is -1.36. The fourth-order valence-electron chi connectivity index (χ4n) is 8.41. The molecule has 0 bridgehead atoms. The van der Waals surface area contributed by atoms with Crippen LogP contribution < -0.4 is 5.32 Å². The fraction of sp³-hybridized carbons (Fsp3) is 0.962. The molecule has 0 radical (unpaired) electrons. The summed E-state index contributed by atoms with van der Waals surface area (Å²) in [5, 5.41) is 36.2. The number of nitrogens with one attached hydrogen (secondary N) is 1. The number of rotatable bonds is 7. The Kier molecular flexibility index (Phi) is 6.27. The Hall–Kier alpha value is -0.740. The molecule has 11 atom stereocenters. The molecule has 0 spiro atoms. The standard InChI is InChI=1S/C26H45NO7S/c1-15(4-7-23(31)27-10-11-35(32,33)34)18-5-6-19-24-20(14-22(30)26(18,19)3)25(2)9-8-17(28)12-16(25)13-21(24)29/h15-22,24,28-30H,4-14H2,1-3H3,(H,27,31)(H,32,33,34)/t15-,16?,17-,18-,19+,20+,21-,22+,24+,25+,26-/m1/s1/i8D2,12D2. The third-order valence-electron chi connectivity index (χ3n) is 10.3. The second-order valence-electron chi connectivity index (χ2n) is 12.1. The van der Waals surface area contributed by atoms with E-state index in [0.717, 1.165) is 12.8 Å². The van der Waals surface area contributed by atoms with E-state index in [4.69, 9.17) is 10.0 Å². The number of hydrogen-bond acceptors (Lipinski definition) is 6. The van der Waals surface area contributed by atoms with Crippen LogP contribution in [0.2, 0.25) is 0 Å². The Balaban J connectivity index is 1.51. The van der Waals surface area contributed by atoms with Crippen LogP contribution in [0.15, 0.2) is 0 Å². The maximum Gasteiger partial charge on any atom is 0.266 e. The molecule has 0 aromatic rings. The van der Waals surface area contributed by atoms with Gasteiger partial charge < -0.3 is 20.6 Å². The molecule has 4 aliphatic rings.